The summed E-state index contributed by atoms with van der Waals surface area (Å²) in [6, 6.07) is 11.5. The van der Waals surface area contributed by atoms with Crippen LogP contribution in [0.15, 0.2) is 40.9 Å². The summed E-state index contributed by atoms with van der Waals surface area (Å²) in [4.78, 5) is 0. The first-order valence-corrected chi connectivity index (χ1v) is 7.75. The Balaban J connectivity index is 1.96. The second kappa shape index (κ2) is 6.08. The van der Waals surface area contributed by atoms with Gasteiger partial charge in [0.2, 0.25) is 0 Å². The van der Waals surface area contributed by atoms with E-state index in [0.29, 0.717) is 5.75 Å². The molecule has 0 radical (unpaired) electrons. The minimum Gasteiger partial charge on any atom is -0.496 e. The molecule has 3 nitrogen and oxygen atoms in total. The van der Waals surface area contributed by atoms with E-state index in [1.165, 1.54) is 0 Å². The van der Waals surface area contributed by atoms with Crippen LogP contribution in [0.3, 0.4) is 0 Å². The van der Waals surface area contributed by atoms with Gasteiger partial charge < -0.3 is 14.6 Å². The van der Waals surface area contributed by atoms with E-state index in [2.05, 4.69) is 15.9 Å². The van der Waals surface area contributed by atoms with Gasteiger partial charge in [-0.1, -0.05) is 28.1 Å². The predicted octanol–water partition coefficient (Wildman–Crippen LogP) is 3.86. The Kier molecular flexibility index (Phi) is 4.17. The number of methoxy groups -OCH3 is 1. The molecule has 21 heavy (non-hydrogen) atoms. The predicted molar refractivity (Wildman–Crippen MR) is 85.0 cm³/mol. The van der Waals surface area contributed by atoms with Crippen molar-refractivity contribution in [2.75, 3.05) is 13.7 Å². The Morgan fingerprint density at radius 1 is 1.24 bits per heavy atom. The number of hydrogen-bond donors (Lipinski definition) is 1. The van der Waals surface area contributed by atoms with E-state index in [1.54, 1.807) is 7.11 Å². The fourth-order valence-electron chi connectivity index (χ4n) is 2.64. The highest BCUT2D eigenvalue weighted by Gasteiger charge is 2.18. The Bertz CT molecular complexity index is 654. The van der Waals surface area contributed by atoms with E-state index in [9.17, 15) is 5.11 Å². The second-order valence-electron chi connectivity index (χ2n) is 5.11. The Hall–Kier alpha value is -1.52. The molecule has 1 aliphatic heterocycles. The van der Waals surface area contributed by atoms with Crippen molar-refractivity contribution in [3.63, 3.8) is 0 Å². The molecule has 0 saturated heterocycles. The van der Waals surface area contributed by atoms with Gasteiger partial charge in [-0.2, -0.15) is 0 Å². The first-order chi connectivity index (χ1) is 10.2. The van der Waals surface area contributed by atoms with Crippen molar-refractivity contribution in [1.29, 1.82) is 0 Å². The van der Waals surface area contributed by atoms with Crippen molar-refractivity contribution in [3.8, 4) is 11.5 Å². The fourth-order valence-corrected chi connectivity index (χ4v) is 2.98. The van der Waals surface area contributed by atoms with Crippen molar-refractivity contribution in [2.45, 2.75) is 18.9 Å². The molecule has 0 amide bonds. The van der Waals surface area contributed by atoms with Gasteiger partial charge in [0.25, 0.3) is 0 Å². The van der Waals surface area contributed by atoms with Crippen molar-refractivity contribution in [1.82, 2.24) is 0 Å². The topological polar surface area (TPSA) is 38.7 Å². The fraction of sp³-hybridized carbons (Fsp3) is 0.294. The number of aryl methyl sites for hydroxylation is 1. The van der Waals surface area contributed by atoms with Crippen LogP contribution in [0.4, 0.5) is 0 Å². The number of benzene rings is 2. The summed E-state index contributed by atoms with van der Waals surface area (Å²) in [5.41, 5.74) is 2.78. The molecule has 1 atom stereocenters. The molecular weight excluding hydrogens is 332 g/mol. The van der Waals surface area contributed by atoms with Crippen LogP contribution in [0.25, 0.3) is 0 Å². The summed E-state index contributed by atoms with van der Waals surface area (Å²) < 4.78 is 11.9. The molecule has 1 heterocycles. The van der Waals surface area contributed by atoms with E-state index in [0.717, 1.165) is 46.4 Å². The molecule has 2 aromatic carbocycles. The summed E-state index contributed by atoms with van der Waals surface area (Å²) >= 11 is 3.41. The number of hydrogen-bond acceptors (Lipinski definition) is 3. The standard InChI is InChI=1S/C17H17BrO3/c1-20-16-10-13(18)5-6-14(16)17(19)12-4-7-15-11(9-12)3-2-8-21-15/h4-7,9-10,17,19H,2-3,8H2,1H3. The highest BCUT2D eigenvalue weighted by Crippen LogP contribution is 2.34. The molecule has 0 spiro atoms. The number of halogens is 1. The average molecular weight is 349 g/mol. The van der Waals surface area contributed by atoms with Crippen molar-refractivity contribution in [3.05, 3.63) is 57.6 Å². The van der Waals surface area contributed by atoms with Crippen LogP contribution < -0.4 is 9.47 Å². The van der Waals surface area contributed by atoms with Gasteiger partial charge in [-0.3, -0.25) is 0 Å². The maximum Gasteiger partial charge on any atom is 0.126 e. The van der Waals surface area contributed by atoms with Gasteiger partial charge in [0, 0.05) is 10.0 Å². The number of fused-ring (bicyclic) bond motifs is 1. The zero-order valence-electron chi connectivity index (χ0n) is 11.8. The minimum atomic E-state index is -0.708. The molecule has 1 N–H and O–H groups in total. The molecule has 4 heteroatoms. The molecular formula is C17H17BrO3. The van der Waals surface area contributed by atoms with Crippen molar-refractivity contribution in [2.24, 2.45) is 0 Å². The third-order valence-corrected chi connectivity index (χ3v) is 4.23. The smallest absolute Gasteiger partial charge is 0.126 e. The normalized spacial score (nSPS) is 15.0. The van der Waals surface area contributed by atoms with Crippen molar-refractivity contribution < 1.29 is 14.6 Å². The molecule has 1 unspecified atom stereocenters. The lowest BCUT2D eigenvalue weighted by atomic mass is 9.96. The maximum atomic E-state index is 10.7. The van der Waals surface area contributed by atoms with Crippen LogP contribution in [0.5, 0.6) is 11.5 Å². The summed E-state index contributed by atoms with van der Waals surface area (Å²) in [5.74, 6) is 1.60. The lowest BCUT2D eigenvalue weighted by Gasteiger charge is -2.20. The first-order valence-electron chi connectivity index (χ1n) is 6.96. The zero-order chi connectivity index (χ0) is 14.8. The first kappa shape index (κ1) is 14.4. The van der Waals surface area contributed by atoms with Gasteiger partial charge in [0.1, 0.15) is 17.6 Å². The molecule has 1 aliphatic rings. The van der Waals surface area contributed by atoms with Crippen molar-refractivity contribution >= 4 is 15.9 Å². The quantitative estimate of drug-likeness (QED) is 0.915. The third kappa shape index (κ3) is 2.92. The zero-order valence-corrected chi connectivity index (χ0v) is 13.4. The largest absolute Gasteiger partial charge is 0.496 e. The number of aliphatic hydroxyl groups is 1. The van der Waals surface area contributed by atoms with Gasteiger partial charge in [-0.15, -0.1) is 0 Å². The Morgan fingerprint density at radius 2 is 2.10 bits per heavy atom. The highest BCUT2D eigenvalue weighted by molar-refractivity contribution is 9.10. The van der Waals surface area contributed by atoms with Gasteiger partial charge in [0.15, 0.2) is 0 Å². The molecule has 0 fully saturated rings. The highest BCUT2D eigenvalue weighted by atomic mass is 79.9. The van der Waals surface area contributed by atoms with E-state index in [-0.39, 0.29) is 0 Å². The lowest BCUT2D eigenvalue weighted by Crippen LogP contribution is -2.10. The number of aliphatic hydroxyl groups excluding tert-OH is 1. The molecule has 0 bridgehead atoms. The average Bonchev–Trinajstić information content (AvgIpc) is 2.53. The molecule has 2 aromatic rings. The second-order valence-corrected chi connectivity index (χ2v) is 6.02. The maximum absolute atomic E-state index is 10.7. The summed E-state index contributed by atoms with van der Waals surface area (Å²) in [5, 5.41) is 10.7. The van der Waals surface area contributed by atoms with E-state index >= 15 is 0 Å². The van der Waals surface area contributed by atoms with Crippen LogP contribution in [0, 0.1) is 0 Å². The summed E-state index contributed by atoms with van der Waals surface area (Å²) in [6.45, 7) is 0.773. The molecule has 3 rings (SSSR count). The Morgan fingerprint density at radius 3 is 2.90 bits per heavy atom. The molecule has 0 aliphatic carbocycles. The summed E-state index contributed by atoms with van der Waals surface area (Å²) in [6.07, 6.45) is 1.31. The number of rotatable bonds is 3. The minimum absolute atomic E-state index is 0.672. The van der Waals surface area contributed by atoms with Gasteiger partial charge in [0.05, 0.1) is 13.7 Å². The SMILES string of the molecule is COc1cc(Br)ccc1C(O)c1ccc2c(c1)CCCO2. The number of ether oxygens (including phenoxy) is 2. The molecule has 0 saturated carbocycles. The lowest BCUT2D eigenvalue weighted by molar-refractivity contribution is 0.214. The summed E-state index contributed by atoms with van der Waals surface area (Å²) in [7, 11) is 1.61. The molecule has 110 valence electrons. The van der Waals surface area contributed by atoms with Gasteiger partial charge in [-0.05, 0) is 48.2 Å². The van der Waals surface area contributed by atoms with Gasteiger partial charge in [-0.25, -0.2) is 0 Å². The van der Waals surface area contributed by atoms with E-state index in [4.69, 9.17) is 9.47 Å². The Labute approximate surface area is 132 Å². The van der Waals surface area contributed by atoms with Gasteiger partial charge >= 0.3 is 0 Å². The molecule has 0 aromatic heterocycles. The third-order valence-electron chi connectivity index (χ3n) is 3.74. The van der Waals surface area contributed by atoms with E-state index in [1.807, 2.05) is 36.4 Å². The van der Waals surface area contributed by atoms with Crippen LogP contribution in [-0.2, 0) is 6.42 Å². The van der Waals surface area contributed by atoms with Crippen LogP contribution >= 0.6 is 15.9 Å². The van der Waals surface area contributed by atoms with Crippen LogP contribution in [-0.4, -0.2) is 18.8 Å². The van der Waals surface area contributed by atoms with Crippen LogP contribution in [0.1, 0.15) is 29.2 Å². The monoisotopic (exact) mass is 348 g/mol. The van der Waals surface area contributed by atoms with E-state index < -0.39 is 6.10 Å². The van der Waals surface area contributed by atoms with Crippen LogP contribution in [0.2, 0.25) is 0 Å².